The van der Waals surface area contributed by atoms with E-state index in [-0.39, 0.29) is 17.5 Å². The molecule has 35 heavy (non-hydrogen) atoms. The topological polar surface area (TPSA) is 80.5 Å². The van der Waals surface area contributed by atoms with Crippen LogP contribution in [0.3, 0.4) is 0 Å². The Labute approximate surface area is 200 Å². The molecule has 4 atom stereocenters. The first-order chi connectivity index (χ1) is 17.0. The van der Waals surface area contributed by atoms with Gasteiger partial charge in [-0.15, -0.1) is 0 Å². The van der Waals surface area contributed by atoms with Crippen molar-refractivity contribution in [1.29, 1.82) is 0 Å². The van der Waals surface area contributed by atoms with Crippen molar-refractivity contribution in [2.75, 3.05) is 4.90 Å². The van der Waals surface area contributed by atoms with E-state index in [4.69, 9.17) is 0 Å². The van der Waals surface area contributed by atoms with Crippen molar-refractivity contribution >= 4 is 28.8 Å². The van der Waals surface area contributed by atoms with E-state index in [0.717, 1.165) is 45.4 Å². The van der Waals surface area contributed by atoms with Crippen LogP contribution >= 0.6 is 0 Å². The normalized spacial score (nSPS) is 24.3. The molecule has 2 bridgehead atoms. The van der Waals surface area contributed by atoms with Crippen molar-refractivity contribution in [2.45, 2.75) is 0 Å². The second-order valence-electron chi connectivity index (χ2n) is 8.95. The zero-order chi connectivity index (χ0) is 24.3. The predicted molar refractivity (Wildman–Crippen MR) is 128 cm³/mol. The Bertz CT molecular complexity index is 1370. The Kier molecular flexibility index (Phi) is 4.74. The van der Waals surface area contributed by atoms with Gasteiger partial charge in [-0.1, -0.05) is 72.8 Å². The predicted octanol–water partition coefficient (Wildman–Crippen LogP) is 5.16. The minimum atomic E-state index is -0.804. The number of nitro groups is 1. The second-order valence-corrected chi connectivity index (χ2v) is 8.95. The first kappa shape index (κ1) is 21.2. The molecule has 2 amide bonds. The SMILES string of the molecule is O=C1[C@@H]2[C@H](C(=O)N1c1ccc(F)cc1[N+](=O)[O-])[C@H]1C=C[C@H]2C1=C(c1ccccc1)c1ccccc1. The Balaban J connectivity index is 1.49. The summed E-state index contributed by atoms with van der Waals surface area (Å²) in [7, 11) is 0. The average Bonchev–Trinajstić information content (AvgIpc) is 3.50. The van der Waals surface area contributed by atoms with Crippen LogP contribution in [0, 0.1) is 39.6 Å². The van der Waals surface area contributed by atoms with Gasteiger partial charge < -0.3 is 0 Å². The van der Waals surface area contributed by atoms with E-state index in [1.165, 1.54) is 0 Å². The van der Waals surface area contributed by atoms with Gasteiger partial charge in [0.1, 0.15) is 11.5 Å². The van der Waals surface area contributed by atoms with Crippen molar-refractivity contribution in [1.82, 2.24) is 0 Å². The molecular weight excluding hydrogens is 447 g/mol. The maximum atomic E-state index is 13.7. The molecule has 1 heterocycles. The molecule has 172 valence electrons. The molecule has 0 aromatic heterocycles. The van der Waals surface area contributed by atoms with Gasteiger partial charge in [0, 0.05) is 11.8 Å². The van der Waals surface area contributed by atoms with Crippen molar-refractivity contribution in [3.05, 3.63) is 124 Å². The van der Waals surface area contributed by atoms with Gasteiger partial charge in [0.25, 0.3) is 5.69 Å². The quantitative estimate of drug-likeness (QED) is 0.230. The van der Waals surface area contributed by atoms with Crippen molar-refractivity contribution < 1.29 is 18.9 Å². The van der Waals surface area contributed by atoms with E-state index in [2.05, 4.69) is 0 Å². The zero-order valence-electron chi connectivity index (χ0n) is 18.4. The smallest absolute Gasteiger partial charge is 0.274 e. The molecule has 1 saturated heterocycles. The summed E-state index contributed by atoms with van der Waals surface area (Å²) in [6, 6.07) is 22.7. The van der Waals surface area contributed by atoms with Crippen LogP contribution in [0.4, 0.5) is 15.8 Å². The summed E-state index contributed by atoms with van der Waals surface area (Å²) < 4.78 is 13.7. The summed E-state index contributed by atoms with van der Waals surface area (Å²) in [5.74, 6) is -3.68. The van der Waals surface area contributed by atoms with E-state index in [0.29, 0.717) is 0 Å². The summed E-state index contributed by atoms with van der Waals surface area (Å²) in [6.07, 6.45) is 3.95. The summed E-state index contributed by atoms with van der Waals surface area (Å²) >= 11 is 0. The Morgan fingerprint density at radius 1 is 0.800 bits per heavy atom. The van der Waals surface area contributed by atoms with Crippen LogP contribution in [0.15, 0.2) is 96.6 Å². The fraction of sp³-hybridized carbons (Fsp3) is 0.143. The van der Waals surface area contributed by atoms with Crippen LogP contribution in [-0.2, 0) is 9.59 Å². The summed E-state index contributed by atoms with van der Waals surface area (Å²) in [6.45, 7) is 0. The molecule has 0 N–H and O–H groups in total. The molecule has 3 aliphatic rings. The highest BCUT2D eigenvalue weighted by Crippen LogP contribution is 2.59. The standard InChI is InChI=1S/C28H19FN2O4/c29-18-11-14-21(22(15-18)31(34)35)30-27(32)25-19-12-13-20(26(25)28(30)33)24(19)23(16-7-3-1-4-8-16)17-9-5-2-6-10-17/h1-15,19-20,25-26H/t19-,20-,25-,26+/m0/s1. The van der Waals surface area contributed by atoms with Crippen LogP contribution in [0.1, 0.15) is 11.1 Å². The fourth-order valence-corrected chi connectivity index (χ4v) is 5.88. The van der Waals surface area contributed by atoms with Gasteiger partial charge in [-0.3, -0.25) is 19.7 Å². The van der Waals surface area contributed by atoms with E-state index >= 15 is 0 Å². The largest absolute Gasteiger partial charge is 0.296 e. The molecule has 3 aromatic carbocycles. The van der Waals surface area contributed by atoms with Crippen molar-refractivity contribution in [3.8, 4) is 0 Å². The fourth-order valence-electron chi connectivity index (χ4n) is 5.88. The van der Waals surface area contributed by atoms with Crippen molar-refractivity contribution in [2.24, 2.45) is 23.7 Å². The number of amides is 2. The third-order valence-corrected chi connectivity index (χ3v) is 7.20. The Hall–Kier alpha value is -4.39. The van der Waals surface area contributed by atoms with Crippen LogP contribution in [0.2, 0.25) is 0 Å². The molecule has 1 saturated carbocycles. The molecule has 1 aliphatic heterocycles. The van der Waals surface area contributed by atoms with Gasteiger partial charge in [0.2, 0.25) is 11.8 Å². The molecule has 6 nitrogen and oxygen atoms in total. The lowest BCUT2D eigenvalue weighted by atomic mass is 9.85. The highest BCUT2D eigenvalue weighted by Gasteiger charge is 2.63. The van der Waals surface area contributed by atoms with Crippen LogP contribution in [0.25, 0.3) is 5.57 Å². The molecule has 0 unspecified atom stereocenters. The van der Waals surface area contributed by atoms with Crippen molar-refractivity contribution in [3.63, 3.8) is 0 Å². The van der Waals surface area contributed by atoms with E-state index in [1.54, 1.807) is 0 Å². The lowest BCUT2D eigenvalue weighted by Gasteiger charge is -2.21. The molecule has 2 fully saturated rings. The lowest BCUT2D eigenvalue weighted by Crippen LogP contribution is -2.33. The van der Waals surface area contributed by atoms with Gasteiger partial charge >= 0.3 is 0 Å². The lowest BCUT2D eigenvalue weighted by molar-refractivity contribution is -0.384. The number of nitro benzene ring substituents is 1. The monoisotopic (exact) mass is 466 g/mol. The minimum absolute atomic E-state index is 0.183. The van der Waals surface area contributed by atoms with Gasteiger partial charge in [-0.05, 0) is 34.4 Å². The number of halogens is 1. The number of imide groups is 1. The van der Waals surface area contributed by atoms with Gasteiger partial charge in [-0.2, -0.15) is 0 Å². The van der Waals surface area contributed by atoms with Gasteiger partial charge in [0.05, 0.1) is 22.8 Å². The first-order valence-electron chi connectivity index (χ1n) is 11.3. The average molecular weight is 466 g/mol. The molecule has 3 aromatic rings. The number of hydrogen-bond acceptors (Lipinski definition) is 4. The number of allylic oxidation sites excluding steroid dienone is 3. The molecule has 0 spiro atoms. The number of fused-ring (bicyclic) bond motifs is 5. The van der Waals surface area contributed by atoms with E-state index < -0.39 is 40.1 Å². The maximum Gasteiger partial charge on any atom is 0.296 e. The molecule has 0 radical (unpaired) electrons. The minimum Gasteiger partial charge on any atom is -0.274 e. The Morgan fingerprint density at radius 2 is 1.31 bits per heavy atom. The maximum absolute atomic E-state index is 13.7. The van der Waals surface area contributed by atoms with Crippen LogP contribution in [-0.4, -0.2) is 16.7 Å². The number of rotatable bonds is 4. The van der Waals surface area contributed by atoms with Gasteiger partial charge in [-0.25, -0.2) is 9.29 Å². The number of anilines is 1. The zero-order valence-corrected chi connectivity index (χ0v) is 18.4. The summed E-state index contributed by atoms with van der Waals surface area (Å²) in [4.78, 5) is 38.9. The second kappa shape index (κ2) is 7.84. The number of hydrogen-bond donors (Lipinski definition) is 0. The van der Waals surface area contributed by atoms with E-state index in [1.807, 2.05) is 72.8 Å². The summed E-state index contributed by atoms with van der Waals surface area (Å²) in [5.41, 5.74) is 3.23. The van der Waals surface area contributed by atoms with Crippen LogP contribution < -0.4 is 4.90 Å². The molecule has 7 heteroatoms. The molecule has 6 rings (SSSR count). The molecule has 2 aliphatic carbocycles. The highest BCUT2D eigenvalue weighted by molar-refractivity contribution is 6.24. The highest BCUT2D eigenvalue weighted by atomic mass is 19.1. The number of carbonyl (C=O) groups excluding carboxylic acids is 2. The first-order valence-corrected chi connectivity index (χ1v) is 11.3. The number of nitrogens with zero attached hydrogens (tertiary/aromatic N) is 2. The molecular formula is C28H19FN2O4. The third-order valence-electron chi connectivity index (χ3n) is 7.20. The third kappa shape index (κ3) is 3.08. The van der Waals surface area contributed by atoms with Gasteiger partial charge in [0.15, 0.2) is 0 Å². The van der Waals surface area contributed by atoms with Crippen LogP contribution in [0.5, 0.6) is 0 Å². The number of carbonyl (C=O) groups is 2. The summed E-state index contributed by atoms with van der Waals surface area (Å²) in [5, 5.41) is 11.6. The number of benzene rings is 3. The Morgan fingerprint density at radius 3 is 1.80 bits per heavy atom. The van der Waals surface area contributed by atoms with E-state index in [9.17, 15) is 24.1 Å².